The number of fused-ring (bicyclic) bond motifs is 2. The molecule has 0 bridgehead atoms. The van der Waals surface area contributed by atoms with Crippen molar-refractivity contribution in [2.45, 2.75) is 44.2 Å². The van der Waals surface area contributed by atoms with Crippen molar-refractivity contribution in [3.8, 4) is 0 Å². The van der Waals surface area contributed by atoms with E-state index in [1.165, 1.54) is 32.1 Å². The maximum absolute atomic E-state index is 13.9. The molecule has 6 nitrogen and oxygen atoms in total. The van der Waals surface area contributed by atoms with Crippen molar-refractivity contribution in [2.75, 3.05) is 8.61 Å². The zero-order valence-electron chi connectivity index (χ0n) is 25.4. The molecular weight excluding hydrogens is 685 g/mol. The number of rotatable bonds is 8. The monoisotopic (exact) mass is 714 g/mol. The van der Waals surface area contributed by atoms with E-state index in [0.717, 1.165) is 30.7 Å². The Balaban J connectivity index is 1.13. The molecule has 11 heteroatoms. The molecule has 7 rings (SSSR count). The van der Waals surface area contributed by atoms with E-state index < -0.39 is 30.8 Å². The van der Waals surface area contributed by atoms with Crippen molar-refractivity contribution in [3.05, 3.63) is 142 Å². The van der Waals surface area contributed by atoms with E-state index in [1.807, 2.05) is 123 Å². The fourth-order valence-corrected chi connectivity index (χ4v) is 12.4. The topological polar surface area (TPSA) is 74.8 Å². The van der Waals surface area contributed by atoms with Gasteiger partial charge >= 0.3 is 0 Å². The van der Waals surface area contributed by atoms with E-state index in [9.17, 15) is 16.8 Å². The van der Waals surface area contributed by atoms with Crippen LogP contribution in [0.15, 0.2) is 141 Å². The summed E-state index contributed by atoms with van der Waals surface area (Å²) in [5.41, 5.74) is 3.33. The smallest absolute Gasteiger partial charge is 0.248 e. The lowest BCUT2D eigenvalue weighted by Crippen LogP contribution is -2.34. The number of aryl methyl sites for hydroxylation is 2. The highest BCUT2D eigenvalue weighted by atomic mass is 32.2. The largest absolute Gasteiger partial charge is 0.265 e. The average Bonchev–Trinajstić information content (AvgIpc) is 3.78. The molecule has 0 radical (unpaired) electrons. The van der Waals surface area contributed by atoms with Gasteiger partial charge in [-0.15, -0.1) is 11.3 Å². The van der Waals surface area contributed by atoms with Crippen LogP contribution in [0.3, 0.4) is 0 Å². The summed E-state index contributed by atoms with van der Waals surface area (Å²) >= 11 is 4.56. The quantitative estimate of drug-likeness (QED) is 0.160. The summed E-state index contributed by atoms with van der Waals surface area (Å²) in [4.78, 5) is 4.25. The Bertz CT molecular complexity index is 2070. The SMILES string of the molecule is Cc1ccc(S(=O)(=O)N2c3ccccc3SC2/C=C/c2ccc(/C=C/C3Sc4ccccc4N3S(=O)(=O)c3ccc(C)cc3)s2)cc1. The lowest BCUT2D eigenvalue weighted by atomic mass is 10.2. The fourth-order valence-electron chi connectivity index (χ4n) is 5.42. The predicted octanol–water partition coefficient (Wildman–Crippen LogP) is 9.05. The second kappa shape index (κ2) is 12.7. The van der Waals surface area contributed by atoms with Crippen LogP contribution in [0.1, 0.15) is 20.9 Å². The molecule has 238 valence electrons. The van der Waals surface area contributed by atoms with Crippen LogP contribution in [-0.2, 0) is 20.0 Å². The Hall–Kier alpha value is -3.74. The van der Waals surface area contributed by atoms with Crippen molar-refractivity contribution in [3.63, 3.8) is 0 Å². The molecule has 1 aromatic heterocycles. The summed E-state index contributed by atoms with van der Waals surface area (Å²) < 4.78 is 58.4. The molecular formula is C36H30N2O4S5. The highest BCUT2D eigenvalue weighted by Gasteiger charge is 2.39. The van der Waals surface area contributed by atoms with Gasteiger partial charge in [-0.05, 0) is 98.8 Å². The molecule has 0 aliphatic carbocycles. The second-order valence-corrected chi connectivity index (χ2v) is 18.2. The van der Waals surface area contributed by atoms with Crippen LogP contribution in [0.5, 0.6) is 0 Å². The van der Waals surface area contributed by atoms with Gasteiger partial charge in [0.1, 0.15) is 10.7 Å². The third-order valence-electron chi connectivity index (χ3n) is 7.82. The third kappa shape index (κ3) is 6.18. The summed E-state index contributed by atoms with van der Waals surface area (Å²) in [6.07, 6.45) is 7.76. The minimum atomic E-state index is -3.80. The van der Waals surface area contributed by atoms with E-state index in [4.69, 9.17) is 0 Å². The first kappa shape index (κ1) is 31.8. The number of benzene rings is 4. The van der Waals surface area contributed by atoms with Crippen LogP contribution in [0, 0.1) is 13.8 Å². The number of anilines is 2. The number of hydrogen-bond donors (Lipinski definition) is 0. The lowest BCUT2D eigenvalue weighted by Gasteiger charge is -2.24. The molecule has 0 fully saturated rings. The first-order valence-electron chi connectivity index (χ1n) is 14.8. The van der Waals surface area contributed by atoms with Gasteiger partial charge in [0.05, 0.1) is 21.2 Å². The molecule has 47 heavy (non-hydrogen) atoms. The Morgan fingerprint density at radius 1 is 0.532 bits per heavy atom. The molecule has 4 aromatic carbocycles. The molecule has 0 spiro atoms. The van der Waals surface area contributed by atoms with Gasteiger partial charge < -0.3 is 0 Å². The maximum atomic E-state index is 13.9. The van der Waals surface area contributed by atoms with Gasteiger partial charge in [0.15, 0.2) is 0 Å². The van der Waals surface area contributed by atoms with Gasteiger partial charge in [-0.2, -0.15) is 0 Å². The van der Waals surface area contributed by atoms with Crippen molar-refractivity contribution in [2.24, 2.45) is 0 Å². The van der Waals surface area contributed by atoms with E-state index in [2.05, 4.69) is 0 Å². The number of para-hydroxylation sites is 2. The Morgan fingerprint density at radius 3 is 1.32 bits per heavy atom. The zero-order chi connectivity index (χ0) is 32.8. The summed E-state index contributed by atoms with van der Waals surface area (Å²) in [5, 5.41) is -0.901. The number of thiophene rings is 1. The first-order chi connectivity index (χ1) is 22.6. The van der Waals surface area contributed by atoms with E-state index in [1.54, 1.807) is 35.6 Å². The van der Waals surface area contributed by atoms with Crippen molar-refractivity contribution >= 4 is 78.4 Å². The van der Waals surface area contributed by atoms with Gasteiger partial charge in [-0.3, -0.25) is 0 Å². The summed E-state index contributed by atoms with van der Waals surface area (Å²) in [6.45, 7) is 3.87. The standard InChI is InChI=1S/C36H30N2O4S5/c1-25-11-19-29(20-12-25)46(39,40)37-31-7-3-5-9-33(31)44-35(37)23-17-27-15-16-28(43-27)18-24-36-38(32-8-4-6-10-34(32)45-36)47(41,42)30-21-13-26(2)14-22-30/h3-24,35-36H,1-2H3/b23-17+,24-18+. The zero-order valence-corrected chi connectivity index (χ0v) is 29.5. The molecule has 0 N–H and O–H groups in total. The molecule has 2 aliphatic rings. The molecule has 0 amide bonds. The molecule has 2 unspecified atom stereocenters. The van der Waals surface area contributed by atoms with E-state index in [0.29, 0.717) is 11.4 Å². The lowest BCUT2D eigenvalue weighted by molar-refractivity contribution is 0.590. The Labute approximate surface area is 288 Å². The van der Waals surface area contributed by atoms with E-state index >= 15 is 0 Å². The van der Waals surface area contributed by atoms with Crippen LogP contribution in [0.4, 0.5) is 11.4 Å². The minimum absolute atomic E-state index is 0.257. The van der Waals surface area contributed by atoms with Crippen molar-refractivity contribution in [1.29, 1.82) is 0 Å². The van der Waals surface area contributed by atoms with Crippen LogP contribution in [-0.4, -0.2) is 27.6 Å². The number of sulfonamides is 2. The van der Waals surface area contributed by atoms with Gasteiger partial charge in [0.25, 0.3) is 20.0 Å². The predicted molar refractivity (Wildman–Crippen MR) is 196 cm³/mol. The van der Waals surface area contributed by atoms with E-state index in [-0.39, 0.29) is 9.79 Å². The van der Waals surface area contributed by atoms with Gasteiger partial charge in [0, 0.05) is 19.5 Å². The molecule has 0 saturated heterocycles. The van der Waals surface area contributed by atoms with Crippen LogP contribution in [0.2, 0.25) is 0 Å². The van der Waals surface area contributed by atoms with Crippen LogP contribution < -0.4 is 8.61 Å². The first-order valence-corrected chi connectivity index (χ1v) is 20.3. The molecule has 3 heterocycles. The average molecular weight is 715 g/mol. The van der Waals surface area contributed by atoms with Crippen LogP contribution >= 0.6 is 34.9 Å². The van der Waals surface area contributed by atoms with Crippen molar-refractivity contribution < 1.29 is 16.8 Å². The second-order valence-electron chi connectivity index (χ2n) is 11.1. The minimum Gasteiger partial charge on any atom is -0.248 e. The van der Waals surface area contributed by atoms with Crippen LogP contribution in [0.25, 0.3) is 12.2 Å². The number of thioether (sulfide) groups is 2. The molecule has 2 aliphatic heterocycles. The maximum Gasteiger partial charge on any atom is 0.265 e. The number of nitrogens with zero attached hydrogens (tertiary/aromatic N) is 2. The summed E-state index contributed by atoms with van der Waals surface area (Å²) in [5.74, 6) is 0. The number of hydrogen-bond acceptors (Lipinski definition) is 7. The Kier molecular flexibility index (Phi) is 8.60. The van der Waals surface area contributed by atoms with Gasteiger partial charge in [-0.1, -0.05) is 83.2 Å². The third-order valence-corrected chi connectivity index (χ3v) is 15.1. The van der Waals surface area contributed by atoms with Crippen molar-refractivity contribution in [1.82, 2.24) is 0 Å². The molecule has 5 aromatic rings. The Morgan fingerprint density at radius 2 is 0.915 bits per heavy atom. The summed E-state index contributed by atoms with van der Waals surface area (Å²) in [6, 6.07) is 33.0. The highest BCUT2D eigenvalue weighted by molar-refractivity contribution is 8.03. The molecule has 0 saturated carbocycles. The van der Waals surface area contributed by atoms with Gasteiger partial charge in [-0.25, -0.2) is 25.4 Å². The fraction of sp³-hybridized carbons (Fsp3) is 0.111. The van der Waals surface area contributed by atoms with Gasteiger partial charge in [0.2, 0.25) is 0 Å². The summed E-state index contributed by atoms with van der Waals surface area (Å²) in [7, 11) is -7.60. The molecule has 2 atom stereocenters. The normalized spacial score (nSPS) is 17.9. The highest BCUT2D eigenvalue weighted by Crippen LogP contribution is 2.48.